The van der Waals surface area contributed by atoms with E-state index in [0.29, 0.717) is 27.9 Å². The number of halogens is 1. The minimum atomic E-state index is -0.546. The Morgan fingerprint density at radius 2 is 2.06 bits per heavy atom. The van der Waals surface area contributed by atoms with E-state index >= 15 is 0 Å². The fourth-order valence-electron chi connectivity index (χ4n) is 2.90. The van der Waals surface area contributed by atoms with Crippen LogP contribution < -0.4 is 15.9 Å². The van der Waals surface area contributed by atoms with Gasteiger partial charge in [0.15, 0.2) is 5.69 Å². The second kappa shape index (κ2) is 10.4. The van der Waals surface area contributed by atoms with Crippen LogP contribution in [-0.2, 0) is 5.75 Å². The maximum absolute atomic E-state index is 13.0. The van der Waals surface area contributed by atoms with Gasteiger partial charge >= 0.3 is 0 Å². The third-order valence-corrected chi connectivity index (χ3v) is 5.95. The van der Waals surface area contributed by atoms with Crippen molar-refractivity contribution < 1.29 is 14.2 Å². The molecule has 2 heterocycles. The van der Waals surface area contributed by atoms with Gasteiger partial charge in [0, 0.05) is 21.2 Å². The van der Waals surface area contributed by atoms with Crippen LogP contribution in [0.15, 0.2) is 63.2 Å². The monoisotopic (exact) mass is 498 g/mol. The Hall–Kier alpha value is -3.90. The molecule has 174 valence electrons. The van der Waals surface area contributed by atoms with Crippen molar-refractivity contribution in [3.05, 3.63) is 70.5 Å². The number of hydrazone groups is 1. The Morgan fingerprint density at radius 3 is 2.76 bits per heavy atom. The minimum absolute atomic E-state index is 0.0153. The molecule has 2 aromatic heterocycles. The third-order valence-electron chi connectivity index (χ3n) is 4.68. The highest BCUT2D eigenvalue weighted by atomic mass is 35.5. The van der Waals surface area contributed by atoms with Crippen molar-refractivity contribution in [2.75, 3.05) is 12.8 Å². The quantitative estimate of drug-likeness (QED) is 0.212. The number of aromatic nitrogens is 5. The first-order chi connectivity index (χ1) is 16.5. The van der Waals surface area contributed by atoms with Gasteiger partial charge in [-0.25, -0.2) is 10.1 Å². The van der Waals surface area contributed by atoms with E-state index in [1.165, 1.54) is 16.4 Å². The van der Waals surface area contributed by atoms with Crippen molar-refractivity contribution in [1.29, 1.82) is 0 Å². The lowest BCUT2D eigenvalue weighted by molar-refractivity contribution is 0.0949. The van der Waals surface area contributed by atoms with E-state index in [4.69, 9.17) is 22.1 Å². The van der Waals surface area contributed by atoms with Crippen LogP contribution in [0.2, 0.25) is 5.02 Å². The molecule has 0 saturated heterocycles. The molecule has 4 aromatic rings. The van der Waals surface area contributed by atoms with Gasteiger partial charge in [0.2, 0.25) is 11.6 Å². The Kier molecular flexibility index (Phi) is 7.09. The van der Waals surface area contributed by atoms with E-state index < -0.39 is 5.91 Å². The molecule has 0 atom stereocenters. The van der Waals surface area contributed by atoms with Crippen LogP contribution in [0, 0.1) is 0 Å². The number of rotatable bonds is 8. The molecule has 0 unspecified atom stereocenters. The maximum Gasteiger partial charge on any atom is 0.293 e. The zero-order valence-electron chi connectivity index (χ0n) is 18.1. The largest absolute Gasteiger partial charge is 0.497 e. The van der Waals surface area contributed by atoms with Gasteiger partial charge in [-0.2, -0.15) is 9.78 Å². The average molecular weight is 499 g/mol. The fraction of sp³-hybridized carbons (Fsp3) is 0.143. The number of carbonyl (C=O) groups is 1. The topological polar surface area (TPSA) is 146 Å². The molecule has 0 saturated carbocycles. The number of benzene rings is 2. The zero-order chi connectivity index (χ0) is 24.1. The van der Waals surface area contributed by atoms with Gasteiger partial charge in [0.05, 0.1) is 18.5 Å². The summed E-state index contributed by atoms with van der Waals surface area (Å²) in [6, 6.07) is 14.6. The standard InChI is InChI=1S/C21H19ClN8O3S/c1-12(13-4-3-5-15(10-13)32-2)24-26-21(31)18-17(11-34-16-8-6-14(22)7-9-16)30(29-25-18)20-19(23)27-33-28-20/h3-10H,11H2,1-2H3,(H2,23,27)(H,26,31). The lowest BCUT2D eigenvalue weighted by atomic mass is 10.1. The van der Waals surface area contributed by atoms with Crippen molar-refractivity contribution in [1.82, 2.24) is 30.7 Å². The number of thioether (sulfide) groups is 1. The number of anilines is 1. The molecule has 34 heavy (non-hydrogen) atoms. The second-order valence-corrected chi connectivity index (χ2v) is 8.37. The first-order valence-electron chi connectivity index (χ1n) is 9.86. The second-order valence-electron chi connectivity index (χ2n) is 6.88. The van der Waals surface area contributed by atoms with Gasteiger partial charge in [0.25, 0.3) is 5.91 Å². The molecule has 0 aliphatic carbocycles. The predicted molar refractivity (Wildman–Crippen MR) is 127 cm³/mol. The highest BCUT2D eigenvalue weighted by Crippen LogP contribution is 2.27. The number of hydrogen-bond donors (Lipinski definition) is 2. The molecule has 11 nitrogen and oxygen atoms in total. The summed E-state index contributed by atoms with van der Waals surface area (Å²) < 4.78 is 11.2. The molecule has 0 bridgehead atoms. The third kappa shape index (κ3) is 5.18. The number of ether oxygens (including phenoxy) is 1. The summed E-state index contributed by atoms with van der Waals surface area (Å²) in [5.41, 5.74) is 10.2. The molecule has 0 aliphatic heterocycles. The van der Waals surface area contributed by atoms with E-state index in [2.05, 4.69) is 35.8 Å². The van der Waals surface area contributed by atoms with E-state index in [1.54, 1.807) is 26.2 Å². The summed E-state index contributed by atoms with van der Waals surface area (Å²) in [6.07, 6.45) is 0. The van der Waals surface area contributed by atoms with Crippen LogP contribution >= 0.6 is 23.4 Å². The molecule has 2 aromatic carbocycles. The summed E-state index contributed by atoms with van der Waals surface area (Å²) in [4.78, 5) is 13.9. The first kappa shape index (κ1) is 23.3. The molecule has 0 spiro atoms. The SMILES string of the molecule is COc1cccc(C(C)=NNC(=O)c2nnn(-c3nonc3N)c2CSc2ccc(Cl)cc2)c1. The number of nitrogens with two attached hydrogens (primary N) is 1. The molecule has 0 aliphatic rings. The lowest BCUT2D eigenvalue weighted by Gasteiger charge is -2.07. The van der Waals surface area contributed by atoms with Crippen molar-refractivity contribution in [3.8, 4) is 11.6 Å². The Labute approximate surface area is 203 Å². The van der Waals surface area contributed by atoms with Crippen molar-refractivity contribution >= 4 is 40.8 Å². The van der Waals surface area contributed by atoms with Crippen LogP contribution in [-0.4, -0.2) is 44.0 Å². The fourth-order valence-corrected chi connectivity index (χ4v) is 3.92. The molecular weight excluding hydrogens is 480 g/mol. The molecule has 1 amide bonds. The predicted octanol–water partition coefficient (Wildman–Crippen LogP) is 3.34. The Morgan fingerprint density at radius 1 is 1.26 bits per heavy atom. The average Bonchev–Trinajstić information content (AvgIpc) is 3.47. The van der Waals surface area contributed by atoms with Crippen LogP contribution in [0.4, 0.5) is 5.82 Å². The molecular formula is C21H19ClN8O3S. The summed E-state index contributed by atoms with van der Waals surface area (Å²) in [6.45, 7) is 1.77. The van der Waals surface area contributed by atoms with Gasteiger partial charge in [-0.05, 0) is 53.6 Å². The number of methoxy groups -OCH3 is 1. The number of carbonyl (C=O) groups excluding carboxylic acids is 1. The van der Waals surface area contributed by atoms with E-state index in [-0.39, 0.29) is 17.3 Å². The molecule has 4 rings (SSSR count). The van der Waals surface area contributed by atoms with Crippen molar-refractivity contribution in [2.24, 2.45) is 5.10 Å². The maximum atomic E-state index is 13.0. The zero-order valence-corrected chi connectivity index (χ0v) is 19.7. The normalized spacial score (nSPS) is 11.4. The first-order valence-corrected chi connectivity index (χ1v) is 11.2. The van der Waals surface area contributed by atoms with E-state index in [9.17, 15) is 4.79 Å². The lowest BCUT2D eigenvalue weighted by Crippen LogP contribution is -2.21. The van der Waals surface area contributed by atoms with Gasteiger partial charge in [0.1, 0.15) is 5.75 Å². The number of nitrogens with one attached hydrogen (secondary N) is 1. The van der Waals surface area contributed by atoms with Gasteiger partial charge < -0.3 is 10.5 Å². The number of nitrogens with zero attached hydrogens (tertiary/aromatic N) is 6. The molecule has 0 radical (unpaired) electrons. The van der Waals surface area contributed by atoms with Crippen molar-refractivity contribution in [3.63, 3.8) is 0 Å². The summed E-state index contributed by atoms with van der Waals surface area (Å²) in [5, 5.41) is 20.2. The molecule has 0 fully saturated rings. The Bertz CT molecular complexity index is 1340. The number of nitrogen functional groups attached to an aromatic ring is 1. The van der Waals surface area contributed by atoms with Crippen LogP contribution in [0.3, 0.4) is 0 Å². The number of hydrogen-bond acceptors (Lipinski definition) is 10. The highest BCUT2D eigenvalue weighted by molar-refractivity contribution is 7.98. The van der Waals surface area contributed by atoms with Crippen molar-refractivity contribution in [2.45, 2.75) is 17.6 Å². The van der Waals surface area contributed by atoms with Crippen LogP contribution in [0.5, 0.6) is 5.75 Å². The Balaban J connectivity index is 1.59. The van der Waals surface area contributed by atoms with Gasteiger partial charge in [-0.3, -0.25) is 4.79 Å². The highest BCUT2D eigenvalue weighted by Gasteiger charge is 2.24. The molecule has 3 N–H and O–H groups in total. The minimum Gasteiger partial charge on any atom is -0.497 e. The summed E-state index contributed by atoms with van der Waals surface area (Å²) in [7, 11) is 1.58. The van der Waals surface area contributed by atoms with Crippen LogP contribution in [0.25, 0.3) is 5.82 Å². The molecule has 13 heteroatoms. The smallest absolute Gasteiger partial charge is 0.293 e. The van der Waals surface area contributed by atoms with Gasteiger partial charge in [-0.15, -0.1) is 16.9 Å². The van der Waals surface area contributed by atoms with Gasteiger partial charge in [-0.1, -0.05) is 28.9 Å². The number of amides is 1. The summed E-state index contributed by atoms with van der Waals surface area (Å²) >= 11 is 7.42. The van der Waals surface area contributed by atoms with E-state index in [1.807, 2.05) is 36.4 Å². The summed E-state index contributed by atoms with van der Waals surface area (Å²) in [5.74, 6) is 0.607. The van der Waals surface area contributed by atoms with Crippen LogP contribution in [0.1, 0.15) is 28.7 Å². The van der Waals surface area contributed by atoms with E-state index in [0.717, 1.165) is 10.5 Å².